The molecular weight excluding hydrogens is 390 g/mol. The van der Waals surface area contributed by atoms with Crippen LogP contribution in [0.25, 0.3) is 17.3 Å². The van der Waals surface area contributed by atoms with Crippen LogP contribution in [0, 0.1) is 0 Å². The van der Waals surface area contributed by atoms with Crippen LogP contribution in [0.2, 0.25) is 0 Å². The molecule has 2 heterocycles. The lowest BCUT2D eigenvalue weighted by Gasteiger charge is -2.14. The Labute approximate surface area is 181 Å². The van der Waals surface area contributed by atoms with Crippen LogP contribution < -0.4 is 0 Å². The molecule has 1 amide bonds. The van der Waals surface area contributed by atoms with Crippen molar-refractivity contribution in [2.24, 2.45) is 0 Å². The van der Waals surface area contributed by atoms with Crippen molar-refractivity contribution in [2.45, 2.75) is 19.4 Å². The summed E-state index contributed by atoms with van der Waals surface area (Å²) >= 11 is 0. The van der Waals surface area contributed by atoms with Gasteiger partial charge in [-0.15, -0.1) is 0 Å². The Bertz CT molecular complexity index is 1050. The summed E-state index contributed by atoms with van der Waals surface area (Å²) in [4.78, 5) is 26.0. The van der Waals surface area contributed by atoms with E-state index in [4.69, 9.17) is 9.84 Å². The van der Waals surface area contributed by atoms with Crippen molar-refractivity contribution in [2.75, 3.05) is 19.7 Å². The summed E-state index contributed by atoms with van der Waals surface area (Å²) < 4.78 is 7.00. The van der Waals surface area contributed by atoms with Gasteiger partial charge in [0.15, 0.2) is 6.61 Å². The number of hydrogen-bond donors (Lipinski definition) is 0. The number of aromatic nitrogens is 2. The summed E-state index contributed by atoms with van der Waals surface area (Å²) in [6, 6.07) is 19.9. The third kappa shape index (κ3) is 5.48. The van der Waals surface area contributed by atoms with Gasteiger partial charge in [-0.2, -0.15) is 5.10 Å². The summed E-state index contributed by atoms with van der Waals surface area (Å²) in [5, 5.41) is 4.73. The summed E-state index contributed by atoms with van der Waals surface area (Å²) in [5.74, 6) is -0.678. The van der Waals surface area contributed by atoms with Crippen LogP contribution in [0.15, 0.2) is 72.9 Å². The number of amides is 1. The van der Waals surface area contributed by atoms with Gasteiger partial charge in [0.05, 0.1) is 12.2 Å². The van der Waals surface area contributed by atoms with Gasteiger partial charge in [-0.1, -0.05) is 60.7 Å². The smallest absolute Gasteiger partial charge is 0.331 e. The van der Waals surface area contributed by atoms with Gasteiger partial charge in [0.25, 0.3) is 5.91 Å². The third-order valence-corrected chi connectivity index (χ3v) is 5.22. The molecule has 1 aliphatic rings. The van der Waals surface area contributed by atoms with Gasteiger partial charge in [0.1, 0.15) is 0 Å². The highest BCUT2D eigenvalue weighted by Crippen LogP contribution is 2.23. The van der Waals surface area contributed by atoms with Crippen molar-refractivity contribution in [1.29, 1.82) is 0 Å². The first-order valence-electron chi connectivity index (χ1n) is 10.5. The predicted molar refractivity (Wildman–Crippen MR) is 119 cm³/mol. The topological polar surface area (TPSA) is 64.4 Å². The van der Waals surface area contributed by atoms with E-state index < -0.39 is 5.97 Å². The van der Waals surface area contributed by atoms with Crippen molar-refractivity contribution in [3.63, 3.8) is 0 Å². The zero-order valence-electron chi connectivity index (χ0n) is 17.3. The largest absolute Gasteiger partial charge is 0.452 e. The lowest BCUT2D eigenvalue weighted by atomic mass is 10.1. The highest BCUT2D eigenvalue weighted by atomic mass is 16.5. The fourth-order valence-corrected chi connectivity index (χ4v) is 3.63. The molecule has 0 radical (unpaired) electrons. The molecule has 31 heavy (non-hydrogen) atoms. The number of benzene rings is 2. The summed E-state index contributed by atoms with van der Waals surface area (Å²) in [5.41, 5.74) is 3.70. The second-order valence-electron chi connectivity index (χ2n) is 7.51. The maximum Gasteiger partial charge on any atom is 0.331 e. The minimum atomic E-state index is -0.539. The van der Waals surface area contributed by atoms with Crippen LogP contribution in [0.5, 0.6) is 0 Å². The molecule has 0 aliphatic carbocycles. The van der Waals surface area contributed by atoms with Crippen LogP contribution >= 0.6 is 0 Å². The van der Waals surface area contributed by atoms with E-state index >= 15 is 0 Å². The lowest BCUT2D eigenvalue weighted by molar-refractivity contribution is -0.147. The van der Waals surface area contributed by atoms with Crippen LogP contribution in [-0.4, -0.2) is 46.3 Å². The third-order valence-electron chi connectivity index (χ3n) is 5.22. The Morgan fingerprint density at radius 2 is 1.65 bits per heavy atom. The number of hydrogen-bond acceptors (Lipinski definition) is 4. The minimum absolute atomic E-state index is 0.139. The molecule has 3 aromatic rings. The SMILES string of the molecule is O=C(/C=C/c1cn(Cc2ccccc2)nc1-c1ccccc1)OCC(=O)N1CCCC1. The Kier molecular flexibility index (Phi) is 6.57. The van der Waals surface area contributed by atoms with E-state index in [0.29, 0.717) is 6.54 Å². The van der Waals surface area contributed by atoms with Crippen molar-refractivity contribution in [3.8, 4) is 11.3 Å². The van der Waals surface area contributed by atoms with Crippen molar-refractivity contribution < 1.29 is 14.3 Å². The first kappa shape index (κ1) is 20.6. The minimum Gasteiger partial charge on any atom is -0.452 e. The molecule has 0 N–H and O–H groups in total. The highest BCUT2D eigenvalue weighted by Gasteiger charge is 2.18. The van der Waals surface area contributed by atoms with Gasteiger partial charge in [-0.05, 0) is 24.5 Å². The molecule has 0 atom stereocenters. The average Bonchev–Trinajstić information content (AvgIpc) is 3.48. The summed E-state index contributed by atoms with van der Waals surface area (Å²) in [6.07, 6.45) is 6.98. The Balaban J connectivity index is 1.47. The molecule has 4 rings (SSSR count). The fraction of sp³-hybridized carbons (Fsp3) is 0.240. The van der Waals surface area contributed by atoms with Gasteiger partial charge in [-0.25, -0.2) is 4.79 Å². The second-order valence-corrected chi connectivity index (χ2v) is 7.51. The quantitative estimate of drug-likeness (QED) is 0.435. The molecule has 0 saturated carbocycles. The number of carbonyl (C=O) groups is 2. The van der Waals surface area contributed by atoms with Crippen molar-refractivity contribution in [1.82, 2.24) is 14.7 Å². The summed E-state index contributed by atoms with van der Waals surface area (Å²) in [6.45, 7) is 1.89. The second kappa shape index (κ2) is 9.89. The molecule has 6 heteroatoms. The van der Waals surface area contributed by atoms with Crippen LogP contribution in [-0.2, 0) is 20.9 Å². The number of nitrogens with zero attached hydrogens (tertiary/aromatic N) is 3. The monoisotopic (exact) mass is 415 g/mol. The van der Waals surface area contributed by atoms with E-state index in [1.165, 1.54) is 6.08 Å². The van der Waals surface area contributed by atoms with Gasteiger partial charge in [-0.3, -0.25) is 9.48 Å². The number of rotatable bonds is 7. The fourth-order valence-electron chi connectivity index (χ4n) is 3.63. The normalized spacial score (nSPS) is 13.6. The van der Waals surface area contributed by atoms with E-state index in [9.17, 15) is 9.59 Å². The van der Waals surface area contributed by atoms with E-state index in [1.807, 2.05) is 71.5 Å². The number of carbonyl (C=O) groups excluding carboxylic acids is 2. The Morgan fingerprint density at radius 1 is 0.968 bits per heavy atom. The van der Waals surface area contributed by atoms with Crippen LogP contribution in [0.4, 0.5) is 0 Å². The van der Waals surface area contributed by atoms with E-state index in [0.717, 1.165) is 48.3 Å². The molecule has 0 spiro atoms. The number of ether oxygens (including phenoxy) is 1. The van der Waals surface area contributed by atoms with Gasteiger partial charge < -0.3 is 9.64 Å². The zero-order valence-corrected chi connectivity index (χ0v) is 17.3. The number of esters is 1. The molecule has 1 saturated heterocycles. The van der Waals surface area contributed by atoms with E-state index in [2.05, 4.69) is 0 Å². The molecule has 6 nitrogen and oxygen atoms in total. The molecule has 2 aromatic carbocycles. The van der Waals surface area contributed by atoms with E-state index in [1.54, 1.807) is 11.0 Å². The molecule has 158 valence electrons. The molecule has 0 bridgehead atoms. The van der Waals surface area contributed by atoms with Crippen LogP contribution in [0.3, 0.4) is 0 Å². The zero-order chi connectivity index (χ0) is 21.5. The van der Waals surface area contributed by atoms with Gasteiger partial charge in [0, 0.05) is 36.5 Å². The molecule has 1 aliphatic heterocycles. The van der Waals surface area contributed by atoms with Crippen molar-refractivity contribution in [3.05, 3.63) is 84.1 Å². The molecule has 1 fully saturated rings. The highest BCUT2D eigenvalue weighted by molar-refractivity contribution is 5.90. The summed E-state index contributed by atoms with van der Waals surface area (Å²) in [7, 11) is 0. The average molecular weight is 415 g/mol. The molecular formula is C25H25N3O3. The van der Waals surface area contributed by atoms with Gasteiger partial charge >= 0.3 is 5.97 Å². The van der Waals surface area contributed by atoms with E-state index in [-0.39, 0.29) is 12.5 Å². The predicted octanol–water partition coefficient (Wildman–Crippen LogP) is 3.78. The number of likely N-dealkylation sites (tertiary alicyclic amines) is 1. The Hall–Kier alpha value is -3.67. The molecule has 1 aromatic heterocycles. The van der Waals surface area contributed by atoms with Crippen molar-refractivity contribution >= 4 is 18.0 Å². The first-order chi connectivity index (χ1) is 15.2. The van der Waals surface area contributed by atoms with Gasteiger partial charge in [0.2, 0.25) is 0 Å². The maximum absolute atomic E-state index is 12.2. The molecule has 0 unspecified atom stereocenters. The van der Waals surface area contributed by atoms with Crippen LogP contribution in [0.1, 0.15) is 24.0 Å². The Morgan fingerprint density at radius 3 is 2.35 bits per heavy atom. The first-order valence-corrected chi connectivity index (χ1v) is 10.5. The maximum atomic E-state index is 12.2. The standard InChI is InChI=1S/C25H25N3O3/c29-23(27-15-7-8-16-27)19-31-24(30)14-13-22-18-28(17-20-9-3-1-4-10-20)26-25(22)21-11-5-2-6-12-21/h1-6,9-14,18H,7-8,15-17,19H2/b14-13+. The lowest BCUT2D eigenvalue weighted by Crippen LogP contribution is -2.31.